The fourth-order valence-electron chi connectivity index (χ4n) is 2.97. The second-order valence-corrected chi connectivity index (χ2v) is 7.33. The lowest BCUT2D eigenvalue weighted by molar-refractivity contribution is 0.628. The molecule has 0 saturated heterocycles. The normalized spacial score (nSPS) is 14.0. The standard InChI is InChI=1S/C19H16FN5S/c20-14-5-3-13(4-6-14)16-17(25-9-10-26-19(25)24-16)15-7-8-21-18(23-15)22-11-12-1-2-12/h3-10,12H,1-2,11H2,(H,21,22,23). The summed E-state index contributed by atoms with van der Waals surface area (Å²) in [7, 11) is 0. The molecule has 3 aromatic heterocycles. The van der Waals surface area contributed by atoms with Gasteiger partial charge in [0, 0.05) is 29.9 Å². The summed E-state index contributed by atoms with van der Waals surface area (Å²) >= 11 is 1.56. The fraction of sp³-hybridized carbons (Fsp3) is 0.211. The van der Waals surface area contributed by atoms with Crippen LogP contribution in [0.3, 0.4) is 0 Å². The molecule has 0 bridgehead atoms. The highest BCUT2D eigenvalue weighted by molar-refractivity contribution is 7.15. The third-order valence-corrected chi connectivity index (χ3v) is 5.28. The summed E-state index contributed by atoms with van der Waals surface area (Å²) in [5.74, 6) is 1.12. The summed E-state index contributed by atoms with van der Waals surface area (Å²) in [6, 6.07) is 8.29. The van der Waals surface area contributed by atoms with Gasteiger partial charge < -0.3 is 5.32 Å². The number of benzene rings is 1. The van der Waals surface area contributed by atoms with E-state index in [4.69, 9.17) is 9.97 Å². The van der Waals surface area contributed by atoms with E-state index in [1.807, 2.05) is 22.0 Å². The molecule has 0 spiro atoms. The number of aromatic nitrogens is 4. The van der Waals surface area contributed by atoms with Crippen LogP contribution in [0.1, 0.15) is 12.8 Å². The molecule has 26 heavy (non-hydrogen) atoms. The molecule has 4 aromatic rings. The number of hydrogen-bond acceptors (Lipinski definition) is 5. The van der Waals surface area contributed by atoms with Crippen molar-refractivity contribution in [1.29, 1.82) is 0 Å². The van der Waals surface area contributed by atoms with Crippen molar-refractivity contribution >= 4 is 22.2 Å². The van der Waals surface area contributed by atoms with Gasteiger partial charge in [0.2, 0.25) is 5.95 Å². The zero-order chi connectivity index (χ0) is 17.5. The van der Waals surface area contributed by atoms with Crippen molar-refractivity contribution in [3.8, 4) is 22.6 Å². The average molecular weight is 365 g/mol. The number of thiazole rings is 1. The predicted octanol–water partition coefficient (Wildman–Crippen LogP) is 4.48. The molecule has 1 aliphatic carbocycles. The Morgan fingerprint density at radius 3 is 2.81 bits per heavy atom. The summed E-state index contributed by atoms with van der Waals surface area (Å²) in [6.45, 7) is 0.911. The summed E-state index contributed by atoms with van der Waals surface area (Å²) in [4.78, 5) is 14.6. The SMILES string of the molecule is Fc1ccc(-c2nc3sccn3c2-c2ccnc(NCC3CC3)n2)cc1. The van der Waals surface area contributed by atoms with Gasteiger partial charge in [0.05, 0.1) is 11.4 Å². The summed E-state index contributed by atoms with van der Waals surface area (Å²) in [6.07, 6.45) is 6.30. The molecule has 1 aromatic carbocycles. The second kappa shape index (κ2) is 6.17. The number of imidazole rings is 1. The van der Waals surface area contributed by atoms with Crippen LogP contribution in [0, 0.1) is 11.7 Å². The van der Waals surface area contributed by atoms with Crippen LogP contribution >= 0.6 is 11.3 Å². The molecule has 3 heterocycles. The lowest BCUT2D eigenvalue weighted by atomic mass is 10.1. The van der Waals surface area contributed by atoms with Crippen LogP contribution in [-0.4, -0.2) is 25.9 Å². The number of halogens is 1. The molecule has 0 atom stereocenters. The first-order valence-electron chi connectivity index (χ1n) is 8.57. The van der Waals surface area contributed by atoms with Gasteiger partial charge in [0.15, 0.2) is 4.96 Å². The molecule has 1 saturated carbocycles. The van der Waals surface area contributed by atoms with Crippen molar-refractivity contribution in [2.75, 3.05) is 11.9 Å². The first kappa shape index (κ1) is 15.5. The molecule has 0 amide bonds. The van der Waals surface area contributed by atoms with Gasteiger partial charge in [-0.3, -0.25) is 4.40 Å². The maximum atomic E-state index is 13.3. The molecular weight excluding hydrogens is 349 g/mol. The van der Waals surface area contributed by atoms with Crippen molar-refractivity contribution in [2.24, 2.45) is 5.92 Å². The summed E-state index contributed by atoms with van der Waals surface area (Å²) in [5, 5.41) is 5.31. The minimum Gasteiger partial charge on any atom is -0.354 e. The van der Waals surface area contributed by atoms with Crippen molar-refractivity contribution < 1.29 is 4.39 Å². The number of nitrogens with zero attached hydrogens (tertiary/aromatic N) is 4. The van der Waals surface area contributed by atoms with Crippen LogP contribution in [0.4, 0.5) is 10.3 Å². The molecule has 5 rings (SSSR count). The highest BCUT2D eigenvalue weighted by Crippen LogP contribution is 2.34. The molecule has 0 radical (unpaired) electrons. The third-order valence-electron chi connectivity index (χ3n) is 4.52. The molecule has 1 N–H and O–H groups in total. The second-order valence-electron chi connectivity index (χ2n) is 6.46. The van der Waals surface area contributed by atoms with E-state index in [1.54, 1.807) is 29.7 Å². The number of nitrogens with one attached hydrogen (secondary N) is 1. The zero-order valence-electron chi connectivity index (χ0n) is 13.9. The minimum absolute atomic E-state index is 0.259. The van der Waals surface area contributed by atoms with Crippen LogP contribution in [-0.2, 0) is 0 Å². The molecule has 0 unspecified atom stereocenters. The maximum absolute atomic E-state index is 13.3. The molecule has 1 aliphatic rings. The van der Waals surface area contributed by atoms with E-state index in [0.29, 0.717) is 5.95 Å². The van der Waals surface area contributed by atoms with Crippen LogP contribution in [0.2, 0.25) is 0 Å². The van der Waals surface area contributed by atoms with E-state index in [2.05, 4.69) is 10.3 Å². The highest BCUT2D eigenvalue weighted by atomic mass is 32.1. The number of rotatable bonds is 5. The Hall–Kier alpha value is -2.80. The number of hydrogen-bond donors (Lipinski definition) is 1. The maximum Gasteiger partial charge on any atom is 0.223 e. The van der Waals surface area contributed by atoms with E-state index in [-0.39, 0.29) is 5.82 Å². The van der Waals surface area contributed by atoms with Crippen molar-refractivity contribution in [1.82, 2.24) is 19.4 Å². The summed E-state index contributed by atoms with van der Waals surface area (Å²) in [5.41, 5.74) is 3.35. The van der Waals surface area contributed by atoms with Gasteiger partial charge in [-0.25, -0.2) is 19.3 Å². The largest absolute Gasteiger partial charge is 0.354 e. The lowest BCUT2D eigenvalue weighted by Gasteiger charge is -2.07. The monoisotopic (exact) mass is 365 g/mol. The highest BCUT2D eigenvalue weighted by Gasteiger charge is 2.22. The van der Waals surface area contributed by atoms with Gasteiger partial charge in [-0.05, 0) is 49.1 Å². The molecule has 1 fully saturated rings. The third kappa shape index (κ3) is 2.84. The van der Waals surface area contributed by atoms with E-state index in [0.717, 1.165) is 40.1 Å². The van der Waals surface area contributed by atoms with Crippen LogP contribution < -0.4 is 5.32 Å². The molecular formula is C19H16FN5S. The topological polar surface area (TPSA) is 55.1 Å². The van der Waals surface area contributed by atoms with Gasteiger partial charge in [0.25, 0.3) is 0 Å². The van der Waals surface area contributed by atoms with Gasteiger partial charge in [-0.15, -0.1) is 11.3 Å². The predicted molar refractivity (Wildman–Crippen MR) is 101 cm³/mol. The van der Waals surface area contributed by atoms with Crippen molar-refractivity contribution in [3.63, 3.8) is 0 Å². The Morgan fingerprint density at radius 2 is 2.00 bits per heavy atom. The lowest BCUT2D eigenvalue weighted by Crippen LogP contribution is -2.07. The first-order valence-corrected chi connectivity index (χ1v) is 9.45. The smallest absolute Gasteiger partial charge is 0.223 e. The number of anilines is 1. The van der Waals surface area contributed by atoms with Gasteiger partial charge in [0.1, 0.15) is 11.5 Å². The van der Waals surface area contributed by atoms with Crippen LogP contribution in [0.5, 0.6) is 0 Å². The minimum atomic E-state index is -0.259. The Bertz CT molecular complexity index is 1070. The van der Waals surface area contributed by atoms with E-state index < -0.39 is 0 Å². The Labute approximate surface area is 153 Å². The Morgan fingerprint density at radius 1 is 1.15 bits per heavy atom. The molecule has 5 nitrogen and oxygen atoms in total. The van der Waals surface area contributed by atoms with Crippen LogP contribution in [0.15, 0.2) is 48.1 Å². The average Bonchev–Trinajstić information content (AvgIpc) is 3.26. The zero-order valence-corrected chi connectivity index (χ0v) is 14.7. The van der Waals surface area contributed by atoms with E-state index in [9.17, 15) is 4.39 Å². The van der Waals surface area contributed by atoms with E-state index in [1.165, 1.54) is 25.0 Å². The van der Waals surface area contributed by atoms with E-state index >= 15 is 0 Å². The Balaban J connectivity index is 1.61. The molecule has 130 valence electrons. The quantitative estimate of drug-likeness (QED) is 0.566. The van der Waals surface area contributed by atoms with Gasteiger partial charge in [-0.2, -0.15) is 0 Å². The van der Waals surface area contributed by atoms with Crippen molar-refractivity contribution in [2.45, 2.75) is 12.8 Å². The van der Waals surface area contributed by atoms with Crippen LogP contribution in [0.25, 0.3) is 27.6 Å². The van der Waals surface area contributed by atoms with Crippen molar-refractivity contribution in [3.05, 3.63) is 53.9 Å². The fourth-order valence-corrected chi connectivity index (χ4v) is 3.69. The molecule has 0 aliphatic heterocycles. The molecule has 7 heteroatoms. The number of fused-ring (bicyclic) bond motifs is 1. The van der Waals surface area contributed by atoms with Gasteiger partial charge >= 0.3 is 0 Å². The Kier molecular flexibility index (Phi) is 3.67. The van der Waals surface area contributed by atoms with Gasteiger partial charge in [-0.1, -0.05) is 0 Å². The summed E-state index contributed by atoms with van der Waals surface area (Å²) < 4.78 is 15.4. The first-order chi connectivity index (χ1) is 12.8.